The second kappa shape index (κ2) is 5.36. The van der Waals surface area contributed by atoms with Crippen LogP contribution >= 0.6 is 0 Å². The van der Waals surface area contributed by atoms with E-state index in [0.717, 1.165) is 22.6 Å². The van der Waals surface area contributed by atoms with Crippen LogP contribution in [0.15, 0.2) is 12.3 Å². The number of aryl methyl sites for hydroxylation is 2. The molecule has 19 heavy (non-hydrogen) atoms. The number of hydrogen-bond acceptors (Lipinski definition) is 4. The van der Waals surface area contributed by atoms with Crippen molar-refractivity contribution in [1.29, 1.82) is 0 Å². The summed E-state index contributed by atoms with van der Waals surface area (Å²) in [6, 6.07) is 1.97. The molecule has 0 bridgehead atoms. The minimum Gasteiger partial charge on any atom is -0.481 e. The van der Waals surface area contributed by atoms with E-state index in [1.165, 1.54) is 0 Å². The Bertz CT molecular complexity index is 606. The summed E-state index contributed by atoms with van der Waals surface area (Å²) >= 11 is 0. The number of carboxylic acids is 1. The van der Waals surface area contributed by atoms with E-state index in [-0.39, 0.29) is 12.5 Å². The molecule has 0 aliphatic rings. The summed E-state index contributed by atoms with van der Waals surface area (Å²) in [6.45, 7) is 6.36. The zero-order valence-corrected chi connectivity index (χ0v) is 11.3. The van der Waals surface area contributed by atoms with Crippen molar-refractivity contribution in [3.05, 3.63) is 29.2 Å². The molecule has 2 aromatic rings. The molecule has 2 N–H and O–H groups in total. The van der Waals surface area contributed by atoms with Gasteiger partial charge in [0.1, 0.15) is 0 Å². The van der Waals surface area contributed by atoms with E-state index in [1.807, 2.05) is 37.5 Å². The van der Waals surface area contributed by atoms with Gasteiger partial charge in [0.15, 0.2) is 5.65 Å². The molecule has 6 nitrogen and oxygen atoms in total. The highest BCUT2D eigenvalue weighted by molar-refractivity contribution is 5.66. The number of aliphatic carboxylic acids is 1. The molecule has 2 aromatic heterocycles. The predicted molar refractivity (Wildman–Crippen MR) is 71.1 cm³/mol. The maximum Gasteiger partial charge on any atom is 0.304 e. The second-order valence-corrected chi connectivity index (χ2v) is 4.67. The van der Waals surface area contributed by atoms with E-state index in [4.69, 9.17) is 5.11 Å². The minimum atomic E-state index is -0.798. The highest BCUT2D eigenvalue weighted by atomic mass is 16.4. The van der Waals surface area contributed by atoms with Crippen LogP contribution in [-0.2, 0) is 4.79 Å². The number of nitrogens with zero attached hydrogens (tertiary/aromatic N) is 3. The molecule has 0 saturated carbocycles. The van der Waals surface area contributed by atoms with Crippen molar-refractivity contribution in [3.8, 4) is 0 Å². The van der Waals surface area contributed by atoms with Crippen LogP contribution in [0.4, 0.5) is 0 Å². The number of aromatic nitrogens is 3. The molecule has 0 aliphatic heterocycles. The molecule has 0 spiro atoms. The lowest BCUT2D eigenvalue weighted by atomic mass is 10.1. The average molecular weight is 262 g/mol. The number of carbonyl (C=O) groups is 1. The first-order valence-electron chi connectivity index (χ1n) is 6.26. The quantitative estimate of drug-likeness (QED) is 0.853. The van der Waals surface area contributed by atoms with Gasteiger partial charge in [-0.1, -0.05) is 0 Å². The largest absolute Gasteiger partial charge is 0.481 e. The van der Waals surface area contributed by atoms with E-state index >= 15 is 0 Å². The fourth-order valence-electron chi connectivity index (χ4n) is 2.11. The van der Waals surface area contributed by atoms with Crippen LogP contribution in [0.3, 0.4) is 0 Å². The number of hydrogen-bond donors (Lipinski definition) is 2. The summed E-state index contributed by atoms with van der Waals surface area (Å²) in [5, 5.41) is 16.2. The summed E-state index contributed by atoms with van der Waals surface area (Å²) in [5.41, 5.74) is 3.81. The summed E-state index contributed by atoms with van der Waals surface area (Å²) in [5.74, 6) is -0.798. The van der Waals surface area contributed by atoms with Crippen LogP contribution < -0.4 is 5.32 Å². The molecular formula is C13H18N4O2. The van der Waals surface area contributed by atoms with Crippen LogP contribution in [-0.4, -0.2) is 32.2 Å². The highest BCUT2D eigenvalue weighted by Crippen LogP contribution is 2.17. The lowest BCUT2D eigenvalue weighted by molar-refractivity contribution is -0.136. The Labute approximate surface area is 111 Å². The second-order valence-electron chi connectivity index (χ2n) is 4.67. The molecule has 0 aromatic carbocycles. The molecule has 1 unspecified atom stereocenters. The van der Waals surface area contributed by atoms with Gasteiger partial charge in [0.2, 0.25) is 0 Å². The molecule has 0 fully saturated rings. The highest BCUT2D eigenvalue weighted by Gasteiger charge is 2.12. The Morgan fingerprint density at radius 1 is 1.53 bits per heavy atom. The van der Waals surface area contributed by atoms with Gasteiger partial charge in [0, 0.05) is 36.1 Å². The van der Waals surface area contributed by atoms with Crippen molar-refractivity contribution in [2.75, 3.05) is 6.54 Å². The van der Waals surface area contributed by atoms with E-state index in [9.17, 15) is 4.79 Å². The smallest absolute Gasteiger partial charge is 0.304 e. The van der Waals surface area contributed by atoms with E-state index < -0.39 is 5.97 Å². The summed E-state index contributed by atoms with van der Waals surface area (Å²) < 4.78 is 1.82. The van der Waals surface area contributed by atoms with Crippen LogP contribution in [0, 0.1) is 13.8 Å². The van der Waals surface area contributed by atoms with Crippen molar-refractivity contribution in [2.45, 2.75) is 33.2 Å². The summed E-state index contributed by atoms with van der Waals surface area (Å²) in [6.07, 6.45) is 1.93. The van der Waals surface area contributed by atoms with Gasteiger partial charge in [-0.2, -0.15) is 5.10 Å². The fourth-order valence-corrected chi connectivity index (χ4v) is 2.11. The summed E-state index contributed by atoms with van der Waals surface area (Å²) in [7, 11) is 0. The summed E-state index contributed by atoms with van der Waals surface area (Å²) in [4.78, 5) is 14.9. The Morgan fingerprint density at radius 3 is 2.95 bits per heavy atom. The average Bonchev–Trinajstić information content (AvgIpc) is 2.70. The predicted octanol–water partition coefficient (Wildman–Crippen LogP) is 1.47. The molecule has 0 amide bonds. The zero-order valence-electron chi connectivity index (χ0n) is 11.3. The monoisotopic (exact) mass is 262 g/mol. The number of carboxylic acid groups (broad SMARTS) is 1. The molecule has 2 rings (SSSR count). The van der Waals surface area contributed by atoms with Gasteiger partial charge in [0.25, 0.3) is 0 Å². The standard InChI is InChI=1S/C13H18N4O2/c1-8-6-12-15-7-11(10(3)17(12)16-8)9(2)14-5-4-13(18)19/h6-7,9,14H,4-5H2,1-3H3,(H,18,19). The third-order valence-electron chi connectivity index (χ3n) is 3.14. The van der Waals surface area contributed by atoms with Crippen molar-refractivity contribution in [1.82, 2.24) is 19.9 Å². The fraction of sp³-hybridized carbons (Fsp3) is 0.462. The van der Waals surface area contributed by atoms with Gasteiger partial charge < -0.3 is 10.4 Å². The molecular weight excluding hydrogens is 244 g/mol. The Balaban J connectivity index is 2.19. The molecule has 0 aliphatic carbocycles. The van der Waals surface area contributed by atoms with Crippen LogP contribution in [0.5, 0.6) is 0 Å². The first-order chi connectivity index (χ1) is 8.99. The number of fused-ring (bicyclic) bond motifs is 1. The van der Waals surface area contributed by atoms with Crippen molar-refractivity contribution in [3.63, 3.8) is 0 Å². The van der Waals surface area contributed by atoms with Crippen LogP contribution in [0.2, 0.25) is 0 Å². The first-order valence-corrected chi connectivity index (χ1v) is 6.26. The Hall–Kier alpha value is -1.95. The Morgan fingerprint density at radius 2 is 2.26 bits per heavy atom. The van der Waals surface area contributed by atoms with Gasteiger partial charge in [-0.3, -0.25) is 4.79 Å². The molecule has 0 saturated heterocycles. The van der Waals surface area contributed by atoms with Crippen molar-refractivity contribution >= 4 is 11.6 Å². The maximum absolute atomic E-state index is 10.5. The third kappa shape index (κ3) is 2.90. The molecule has 1 atom stereocenters. The van der Waals surface area contributed by atoms with E-state index in [2.05, 4.69) is 15.4 Å². The zero-order chi connectivity index (χ0) is 14.0. The third-order valence-corrected chi connectivity index (χ3v) is 3.14. The number of nitrogens with one attached hydrogen (secondary N) is 1. The van der Waals surface area contributed by atoms with Gasteiger partial charge in [-0.25, -0.2) is 9.50 Å². The SMILES string of the molecule is Cc1cc2ncc(C(C)NCCC(=O)O)c(C)n2n1. The number of rotatable bonds is 5. The lowest BCUT2D eigenvalue weighted by Crippen LogP contribution is -2.23. The van der Waals surface area contributed by atoms with Crippen LogP contribution in [0.25, 0.3) is 5.65 Å². The molecule has 0 radical (unpaired) electrons. The van der Waals surface area contributed by atoms with Gasteiger partial charge in [0.05, 0.1) is 12.1 Å². The maximum atomic E-state index is 10.5. The first kappa shape index (κ1) is 13.5. The molecule has 2 heterocycles. The van der Waals surface area contributed by atoms with E-state index in [1.54, 1.807) is 0 Å². The van der Waals surface area contributed by atoms with Gasteiger partial charge in [-0.15, -0.1) is 0 Å². The molecule has 102 valence electrons. The normalized spacial score (nSPS) is 12.8. The minimum absolute atomic E-state index is 0.0424. The Kier molecular flexibility index (Phi) is 3.80. The van der Waals surface area contributed by atoms with Crippen molar-refractivity contribution < 1.29 is 9.90 Å². The topological polar surface area (TPSA) is 79.5 Å². The van der Waals surface area contributed by atoms with Gasteiger partial charge >= 0.3 is 5.97 Å². The van der Waals surface area contributed by atoms with Crippen molar-refractivity contribution in [2.24, 2.45) is 0 Å². The lowest BCUT2D eigenvalue weighted by Gasteiger charge is -2.16. The van der Waals surface area contributed by atoms with Crippen LogP contribution in [0.1, 0.15) is 36.3 Å². The molecule has 6 heteroatoms. The van der Waals surface area contributed by atoms with E-state index in [0.29, 0.717) is 6.54 Å². The van der Waals surface area contributed by atoms with Gasteiger partial charge in [-0.05, 0) is 20.8 Å².